The van der Waals surface area contributed by atoms with Gasteiger partial charge in [0.15, 0.2) is 4.83 Å². The zero-order valence-electron chi connectivity index (χ0n) is 25.1. The number of unbranched alkanes of at least 4 members (excludes halogenated alkanes) is 9. The molecule has 7 nitrogen and oxygen atoms in total. The van der Waals surface area contributed by atoms with Gasteiger partial charge in [0.25, 0.3) is 5.56 Å². The molecule has 0 fully saturated rings. The Morgan fingerprint density at radius 2 is 1.52 bits per heavy atom. The maximum Gasteiger partial charge on any atom is 0.338 e. The van der Waals surface area contributed by atoms with Gasteiger partial charge in [-0.05, 0) is 48.9 Å². The maximum absolute atomic E-state index is 13.5. The number of ether oxygens (including phenoxy) is 1. The Hall–Kier alpha value is -3.49. The van der Waals surface area contributed by atoms with Gasteiger partial charge in [-0.1, -0.05) is 123 Å². The van der Waals surface area contributed by atoms with Gasteiger partial charge in [0, 0.05) is 0 Å². The molecule has 232 valence electrons. The number of benzene rings is 3. The smallest absolute Gasteiger partial charge is 0.338 e. The molecule has 0 aliphatic heterocycles. The van der Waals surface area contributed by atoms with E-state index < -0.39 is 16.7 Å². The number of anilines is 1. The lowest BCUT2D eigenvalue weighted by Gasteiger charge is -2.18. The summed E-state index contributed by atoms with van der Waals surface area (Å²) in [6, 6.07) is 20.6. The Morgan fingerprint density at radius 3 is 2.23 bits per heavy atom. The molecule has 9 heteroatoms. The van der Waals surface area contributed by atoms with Gasteiger partial charge in [-0.3, -0.25) is 14.2 Å². The van der Waals surface area contributed by atoms with Crippen molar-refractivity contribution in [3.05, 3.63) is 99.6 Å². The summed E-state index contributed by atoms with van der Waals surface area (Å²) in [4.78, 5) is 43.4. The predicted molar refractivity (Wildman–Crippen MR) is 181 cm³/mol. The molecule has 4 rings (SSSR count). The van der Waals surface area contributed by atoms with Gasteiger partial charge in [0.1, 0.15) is 5.82 Å². The monoisotopic (exact) mass is 679 g/mol. The number of hydrogen-bond donors (Lipinski definition) is 1. The molecule has 3 aromatic carbocycles. The van der Waals surface area contributed by atoms with E-state index in [1.165, 1.54) is 55.6 Å². The first kappa shape index (κ1) is 33.4. The number of halogens is 2. The van der Waals surface area contributed by atoms with E-state index in [4.69, 9.17) is 16.3 Å². The number of carbonyl (C=O) groups is 2. The number of esters is 1. The first-order chi connectivity index (χ1) is 21.4. The summed E-state index contributed by atoms with van der Waals surface area (Å²) in [6.07, 6.45) is 12.0. The van der Waals surface area contributed by atoms with Crippen LogP contribution in [0.1, 0.15) is 92.1 Å². The van der Waals surface area contributed by atoms with Crippen LogP contribution in [0.25, 0.3) is 16.6 Å². The number of alkyl halides is 1. The van der Waals surface area contributed by atoms with E-state index in [0.29, 0.717) is 23.2 Å². The van der Waals surface area contributed by atoms with Crippen LogP contribution in [0.2, 0.25) is 5.02 Å². The van der Waals surface area contributed by atoms with Gasteiger partial charge >= 0.3 is 5.97 Å². The van der Waals surface area contributed by atoms with Crippen molar-refractivity contribution in [2.24, 2.45) is 0 Å². The second kappa shape index (κ2) is 17.1. The lowest BCUT2D eigenvalue weighted by atomic mass is 10.1. The number of nitrogens with zero attached hydrogens (tertiary/aromatic N) is 2. The molecule has 1 heterocycles. The van der Waals surface area contributed by atoms with Crippen LogP contribution in [0.15, 0.2) is 77.6 Å². The molecule has 1 N–H and O–H groups in total. The van der Waals surface area contributed by atoms with Crippen molar-refractivity contribution in [2.45, 2.75) is 76.0 Å². The van der Waals surface area contributed by atoms with E-state index in [-0.39, 0.29) is 27.7 Å². The fourth-order valence-electron chi connectivity index (χ4n) is 5.05. The molecule has 0 bridgehead atoms. The average Bonchev–Trinajstić information content (AvgIpc) is 3.04. The molecule has 0 aliphatic carbocycles. The molecule has 0 saturated heterocycles. The molecule has 0 saturated carbocycles. The van der Waals surface area contributed by atoms with Crippen LogP contribution in [0.5, 0.6) is 0 Å². The third-order valence-electron chi connectivity index (χ3n) is 7.46. The number of amides is 1. The van der Waals surface area contributed by atoms with Crippen molar-refractivity contribution >= 4 is 56.0 Å². The molecule has 0 aliphatic rings. The van der Waals surface area contributed by atoms with E-state index in [2.05, 4.69) is 33.2 Å². The van der Waals surface area contributed by atoms with Gasteiger partial charge in [0.05, 0.1) is 39.5 Å². The van der Waals surface area contributed by atoms with Gasteiger partial charge < -0.3 is 10.1 Å². The first-order valence-electron chi connectivity index (χ1n) is 15.4. The summed E-state index contributed by atoms with van der Waals surface area (Å²) in [5.41, 5.74) is 1.30. The van der Waals surface area contributed by atoms with Crippen molar-refractivity contribution in [1.29, 1.82) is 0 Å². The largest absolute Gasteiger partial charge is 0.462 e. The van der Waals surface area contributed by atoms with E-state index in [1.807, 2.05) is 18.2 Å². The molecule has 44 heavy (non-hydrogen) atoms. The second-order valence-corrected chi connectivity index (χ2v) is 12.2. The number of carbonyl (C=O) groups excluding carboxylic acids is 2. The Bertz CT molecular complexity index is 1610. The minimum absolute atomic E-state index is 0.209. The molecule has 0 spiro atoms. The van der Waals surface area contributed by atoms with Crippen LogP contribution < -0.4 is 10.9 Å². The molecule has 0 radical (unpaired) electrons. The van der Waals surface area contributed by atoms with Crippen LogP contribution in [0.4, 0.5) is 5.69 Å². The summed E-state index contributed by atoms with van der Waals surface area (Å²) < 4.78 is 6.90. The molecule has 1 atom stereocenters. The normalized spacial score (nSPS) is 11.8. The lowest BCUT2D eigenvalue weighted by molar-refractivity contribution is -0.115. The number of hydrogen-bond acceptors (Lipinski definition) is 5. The van der Waals surface area contributed by atoms with E-state index >= 15 is 0 Å². The highest BCUT2D eigenvalue weighted by molar-refractivity contribution is 9.09. The van der Waals surface area contributed by atoms with Crippen LogP contribution in [-0.2, 0) is 9.53 Å². The number of fused-ring (bicyclic) bond motifs is 1. The van der Waals surface area contributed by atoms with Crippen molar-refractivity contribution < 1.29 is 14.3 Å². The maximum atomic E-state index is 13.5. The quantitative estimate of drug-likeness (QED) is 0.0724. The molecule has 1 unspecified atom stereocenters. The third-order valence-corrected chi connectivity index (χ3v) is 8.62. The van der Waals surface area contributed by atoms with Gasteiger partial charge in [-0.25, -0.2) is 9.78 Å². The summed E-state index contributed by atoms with van der Waals surface area (Å²) >= 11 is 9.85. The SMILES string of the molecule is CCCCCCCCCCCCOC(=O)c1ccc(Cl)c(NC(=O)C(Br)c2nc3ccccc3c(=O)n2-c2ccccc2)c1. The van der Waals surface area contributed by atoms with Gasteiger partial charge in [-0.2, -0.15) is 0 Å². The van der Waals surface area contributed by atoms with Crippen LogP contribution in [-0.4, -0.2) is 28.0 Å². The van der Waals surface area contributed by atoms with Gasteiger partial charge in [0.2, 0.25) is 5.91 Å². The lowest BCUT2D eigenvalue weighted by Crippen LogP contribution is -2.28. The van der Waals surface area contributed by atoms with Crippen molar-refractivity contribution in [3.63, 3.8) is 0 Å². The fraction of sp³-hybridized carbons (Fsp3) is 0.371. The van der Waals surface area contributed by atoms with Crippen LogP contribution in [0.3, 0.4) is 0 Å². The number of nitrogens with one attached hydrogen (secondary N) is 1. The fourth-order valence-corrected chi connectivity index (χ4v) is 5.63. The van der Waals surface area contributed by atoms with Gasteiger partial charge in [-0.15, -0.1) is 0 Å². The number of rotatable bonds is 16. The molecular weight excluding hydrogens is 642 g/mol. The highest BCUT2D eigenvalue weighted by Crippen LogP contribution is 2.29. The van der Waals surface area contributed by atoms with Crippen molar-refractivity contribution in [2.75, 3.05) is 11.9 Å². The second-order valence-electron chi connectivity index (χ2n) is 10.8. The zero-order chi connectivity index (χ0) is 31.3. The highest BCUT2D eigenvalue weighted by Gasteiger charge is 2.26. The third kappa shape index (κ3) is 9.02. The Balaban J connectivity index is 1.38. The Kier molecular flexibility index (Phi) is 13.0. The Morgan fingerprint density at radius 1 is 0.886 bits per heavy atom. The Labute approximate surface area is 272 Å². The predicted octanol–water partition coefficient (Wildman–Crippen LogP) is 9.19. The van der Waals surface area contributed by atoms with E-state index in [9.17, 15) is 14.4 Å². The first-order valence-corrected chi connectivity index (χ1v) is 16.7. The van der Waals surface area contributed by atoms with Crippen molar-refractivity contribution in [3.8, 4) is 5.69 Å². The summed E-state index contributed by atoms with van der Waals surface area (Å²) in [6.45, 7) is 2.57. The summed E-state index contributed by atoms with van der Waals surface area (Å²) in [7, 11) is 0. The highest BCUT2D eigenvalue weighted by atomic mass is 79.9. The van der Waals surface area contributed by atoms with Crippen LogP contribution >= 0.6 is 27.5 Å². The summed E-state index contributed by atoms with van der Waals surface area (Å²) in [5, 5.41) is 3.48. The standard InChI is InChI=1S/C35H39BrClN3O4/c1-2-3-4-5-6-7-8-9-10-16-23-44-35(43)25-21-22-28(37)30(24-25)39-33(41)31(36)32-38-29-20-15-14-19-27(29)34(42)40(32)26-17-12-11-13-18-26/h11-15,17-22,24,31H,2-10,16,23H2,1H3,(H,39,41). The molecule has 1 aromatic heterocycles. The minimum atomic E-state index is -1.01. The van der Waals surface area contributed by atoms with Crippen molar-refractivity contribution in [1.82, 2.24) is 9.55 Å². The topological polar surface area (TPSA) is 90.3 Å². The number of aromatic nitrogens is 2. The molecule has 1 amide bonds. The van der Waals surface area contributed by atoms with E-state index in [0.717, 1.165) is 19.3 Å². The molecular formula is C35H39BrClN3O4. The van der Waals surface area contributed by atoms with Crippen LogP contribution in [0, 0.1) is 0 Å². The minimum Gasteiger partial charge on any atom is -0.462 e. The average molecular weight is 681 g/mol. The zero-order valence-corrected chi connectivity index (χ0v) is 27.4. The molecule has 4 aromatic rings. The number of para-hydroxylation sites is 2. The summed E-state index contributed by atoms with van der Waals surface area (Å²) in [5.74, 6) is -0.771. The van der Waals surface area contributed by atoms with E-state index in [1.54, 1.807) is 48.5 Å².